The summed E-state index contributed by atoms with van der Waals surface area (Å²) in [5.41, 5.74) is 1.09. The lowest BCUT2D eigenvalue weighted by molar-refractivity contribution is -0.133. The number of hydrogen-bond acceptors (Lipinski definition) is 3. The molecule has 2 heterocycles. The van der Waals surface area contributed by atoms with Crippen molar-refractivity contribution in [1.82, 2.24) is 19.9 Å². The van der Waals surface area contributed by atoms with Crippen molar-refractivity contribution in [2.75, 3.05) is 13.1 Å². The molecular formula is C20H34N4O. The van der Waals surface area contributed by atoms with Crippen LogP contribution in [0.5, 0.6) is 0 Å². The first-order valence-corrected chi connectivity index (χ1v) is 10.3. The maximum Gasteiger partial charge on any atom is 0.222 e. The lowest BCUT2D eigenvalue weighted by Gasteiger charge is -2.32. The van der Waals surface area contributed by atoms with Gasteiger partial charge in [0.2, 0.25) is 5.91 Å². The molecule has 1 saturated carbocycles. The molecule has 0 radical (unpaired) electrons. The van der Waals surface area contributed by atoms with Crippen LogP contribution in [0.2, 0.25) is 0 Å². The van der Waals surface area contributed by atoms with E-state index in [4.69, 9.17) is 0 Å². The number of amides is 1. The molecule has 3 rings (SSSR count). The number of piperidine rings is 1. The molecule has 1 amide bonds. The third-order valence-electron chi connectivity index (χ3n) is 5.80. The summed E-state index contributed by atoms with van der Waals surface area (Å²) in [6.07, 6.45) is 13.7. The highest BCUT2D eigenvalue weighted by atomic mass is 16.2. The number of aromatic nitrogens is 3. The van der Waals surface area contributed by atoms with Gasteiger partial charge in [-0.3, -0.25) is 4.79 Å². The Hall–Kier alpha value is -1.39. The van der Waals surface area contributed by atoms with Gasteiger partial charge in [0.15, 0.2) is 0 Å². The van der Waals surface area contributed by atoms with Crippen molar-refractivity contribution in [1.29, 1.82) is 0 Å². The van der Waals surface area contributed by atoms with E-state index in [9.17, 15) is 4.79 Å². The minimum absolute atomic E-state index is 0.379. The van der Waals surface area contributed by atoms with Gasteiger partial charge in [-0.05, 0) is 43.9 Å². The standard InChI is InChI=1S/C20H34N4O/c1-16(2)13-18-15-24(22-21-18)19-9-11-23(12-10-19)20(25)14-17-7-5-3-4-6-8-17/h15-17,19H,3-14H2,1-2H3. The predicted octanol–water partition coefficient (Wildman–Crippen LogP) is 4.00. The Morgan fingerprint density at radius 2 is 1.80 bits per heavy atom. The minimum Gasteiger partial charge on any atom is -0.343 e. The Bertz CT molecular complexity index is 538. The molecule has 1 aliphatic heterocycles. The zero-order chi connectivity index (χ0) is 17.6. The van der Waals surface area contributed by atoms with E-state index in [-0.39, 0.29) is 0 Å². The summed E-state index contributed by atoms with van der Waals surface area (Å²) >= 11 is 0. The first kappa shape index (κ1) is 18.4. The minimum atomic E-state index is 0.379. The van der Waals surface area contributed by atoms with Gasteiger partial charge in [0.1, 0.15) is 0 Å². The summed E-state index contributed by atoms with van der Waals surface area (Å²) in [6, 6.07) is 0.398. The molecule has 1 aromatic rings. The van der Waals surface area contributed by atoms with Gasteiger partial charge in [-0.2, -0.15) is 0 Å². The average molecular weight is 347 g/mol. The highest BCUT2D eigenvalue weighted by Crippen LogP contribution is 2.28. The van der Waals surface area contributed by atoms with Crippen molar-refractivity contribution in [3.05, 3.63) is 11.9 Å². The molecule has 1 aliphatic carbocycles. The fourth-order valence-corrected chi connectivity index (χ4v) is 4.33. The van der Waals surface area contributed by atoms with Crippen LogP contribution in [0, 0.1) is 11.8 Å². The Labute approximate surface area is 152 Å². The van der Waals surface area contributed by atoms with Crippen LogP contribution in [0.15, 0.2) is 6.20 Å². The molecule has 5 nitrogen and oxygen atoms in total. The molecule has 140 valence electrons. The van der Waals surface area contributed by atoms with Gasteiger partial charge in [0, 0.05) is 25.7 Å². The molecule has 1 aromatic heterocycles. The second kappa shape index (κ2) is 8.81. The summed E-state index contributed by atoms with van der Waals surface area (Å²) in [5, 5.41) is 8.63. The highest BCUT2D eigenvalue weighted by molar-refractivity contribution is 5.76. The summed E-state index contributed by atoms with van der Waals surface area (Å²) < 4.78 is 2.03. The van der Waals surface area contributed by atoms with E-state index in [2.05, 4.69) is 35.3 Å². The number of nitrogens with zero attached hydrogens (tertiary/aromatic N) is 4. The first-order valence-electron chi connectivity index (χ1n) is 10.3. The third kappa shape index (κ3) is 5.29. The molecule has 0 atom stereocenters. The number of rotatable bonds is 5. The van der Waals surface area contributed by atoms with E-state index in [0.717, 1.165) is 44.5 Å². The molecule has 0 aromatic carbocycles. The Kier molecular flexibility index (Phi) is 6.49. The van der Waals surface area contributed by atoms with Gasteiger partial charge < -0.3 is 4.90 Å². The molecule has 0 unspecified atom stereocenters. The van der Waals surface area contributed by atoms with E-state index < -0.39 is 0 Å². The van der Waals surface area contributed by atoms with Crippen molar-refractivity contribution in [2.24, 2.45) is 11.8 Å². The van der Waals surface area contributed by atoms with Crippen LogP contribution in [0.25, 0.3) is 0 Å². The predicted molar refractivity (Wildman–Crippen MR) is 99.2 cm³/mol. The Morgan fingerprint density at radius 1 is 1.12 bits per heavy atom. The molecule has 25 heavy (non-hydrogen) atoms. The second-order valence-electron chi connectivity index (χ2n) is 8.46. The van der Waals surface area contributed by atoms with Crippen LogP contribution in [0.4, 0.5) is 0 Å². The molecule has 1 saturated heterocycles. The van der Waals surface area contributed by atoms with Crippen molar-refractivity contribution in [3.63, 3.8) is 0 Å². The number of likely N-dealkylation sites (tertiary alicyclic amines) is 1. The van der Waals surface area contributed by atoms with Gasteiger partial charge in [-0.25, -0.2) is 4.68 Å². The normalized spacial score (nSPS) is 20.8. The van der Waals surface area contributed by atoms with Crippen LogP contribution >= 0.6 is 0 Å². The molecule has 2 fully saturated rings. The Balaban J connectivity index is 1.46. The molecule has 0 bridgehead atoms. The lowest BCUT2D eigenvalue weighted by Crippen LogP contribution is -2.39. The zero-order valence-electron chi connectivity index (χ0n) is 16.0. The third-order valence-corrected chi connectivity index (χ3v) is 5.80. The average Bonchev–Trinajstić information content (AvgIpc) is 2.90. The number of carbonyl (C=O) groups excluding carboxylic acids is 1. The second-order valence-corrected chi connectivity index (χ2v) is 8.46. The zero-order valence-corrected chi connectivity index (χ0v) is 16.0. The van der Waals surface area contributed by atoms with Crippen LogP contribution in [-0.2, 0) is 11.2 Å². The first-order chi connectivity index (χ1) is 12.1. The maximum absolute atomic E-state index is 12.6. The van der Waals surface area contributed by atoms with Crippen LogP contribution in [-0.4, -0.2) is 38.9 Å². The van der Waals surface area contributed by atoms with Crippen molar-refractivity contribution >= 4 is 5.91 Å². The quantitative estimate of drug-likeness (QED) is 0.757. The van der Waals surface area contributed by atoms with Crippen LogP contribution < -0.4 is 0 Å². The maximum atomic E-state index is 12.6. The highest BCUT2D eigenvalue weighted by Gasteiger charge is 2.26. The summed E-state index contributed by atoms with van der Waals surface area (Å²) in [7, 11) is 0. The van der Waals surface area contributed by atoms with E-state index in [1.165, 1.54) is 38.5 Å². The van der Waals surface area contributed by atoms with Crippen molar-refractivity contribution < 1.29 is 4.79 Å². The fourth-order valence-electron chi connectivity index (χ4n) is 4.33. The SMILES string of the molecule is CC(C)Cc1cn(C2CCN(C(=O)CC3CCCCCC3)CC2)nn1. The molecule has 0 spiro atoms. The van der Waals surface area contributed by atoms with Crippen molar-refractivity contribution in [2.45, 2.75) is 84.1 Å². The molecule has 0 N–H and O–H groups in total. The Morgan fingerprint density at radius 3 is 2.44 bits per heavy atom. The van der Waals surface area contributed by atoms with E-state index in [1.807, 2.05) is 4.68 Å². The molecular weight excluding hydrogens is 312 g/mol. The monoisotopic (exact) mass is 346 g/mol. The largest absolute Gasteiger partial charge is 0.343 e. The van der Waals surface area contributed by atoms with Gasteiger partial charge in [-0.15, -0.1) is 5.10 Å². The van der Waals surface area contributed by atoms with E-state index in [1.54, 1.807) is 0 Å². The fraction of sp³-hybridized carbons (Fsp3) is 0.850. The smallest absolute Gasteiger partial charge is 0.222 e. The summed E-state index contributed by atoms with van der Waals surface area (Å²) in [5.74, 6) is 1.61. The van der Waals surface area contributed by atoms with Crippen LogP contribution in [0.1, 0.15) is 83.4 Å². The summed E-state index contributed by atoms with van der Waals surface area (Å²) in [4.78, 5) is 14.7. The van der Waals surface area contributed by atoms with Gasteiger partial charge in [0.25, 0.3) is 0 Å². The summed E-state index contributed by atoms with van der Waals surface area (Å²) in [6.45, 7) is 6.15. The topological polar surface area (TPSA) is 51.0 Å². The van der Waals surface area contributed by atoms with E-state index >= 15 is 0 Å². The van der Waals surface area contributed by atoms with Gasteiger partial charge >= 0.3 is 0 Å². The van der Waals surface area contributed by atoms with Gasteiger partial charge in [-0.1, -0.05) is 44.7 Å². The number of hydrogen-bond donors (Lipinski definition) is 0. The van der Waals surface area contributed by atoms with Gasteiger partial charge in [0.05, 0.1) is 11.7 Å². The molecule has 5 heteroatoms. The lowest BCUT2D eigenvalue weighted by atomic mass is 9.95. The van der Waals surface area contributed by atoms with Crippen molar-refractivity contribution in [3.8, 4) is 0 Å². The van der Waals surface area contributed by atoms with E-state index in [0.29, 0.717) is 23.8 Å². The molecule has 2 aliphatic rings. The number of carbonyl (C=O) groups is 1. The van der Waals surface area contributed by atoms with Crippen LogP contribution in [0.3, 0.4) is 0 Å².